The molecule has 0 bridgehead atoms. The molecule has 0 N–H and O–H groups in total. The summed E-state index contributed by atoms with van der Waals surface area (Å²) in [4.78, 5) is 0. The van der Waals surface area contributed by atoms with Crippen LogP contribution in [0.3, 0.4) is 0 Å². The van der Waals surface area contributed by atoms with Crippen molar-refractivity contribution in [3.63, 3.8) is 0 Å². The minimum absolute atomic E-state index is 1.13. The van der Waals surface area contributed by atoms with E-state index in [-0.39, 0.29) is 0 Å². The van der Waals surface area contributed by atoms with Gasteiger partial charge in [0.15, 0.2) is 0 Å². The number of quaternary nitrogens is 1. The molecule has 0 unspecified atom stereocenters. The van der Waals surface area contributed by atoms with Crippen molar-refractivity contribution in [2.75, 3.05) is 13.1 Å². The first-order chi connectivity index (χ1) is 25.3. The molecule has 2 aromatic carbocycles. The van der Waals surface area contributed by atoms with Crippen LogP contribution < -0.4 is 0 Å². The van der Waals surface area contributed by atoms with Crippen molar-refractivity contribution >= 4 is 0 Å². The molecule has 0 heterocycles. The number of allylic oxidation sites excluding steroid dienone is 4. The van der Waals surface area contributed by atoms with Crippen molar-refractivity contribution in [2.24, 2.45) is 0 Å². The van der Waals surface area contributed by atoms with Gasteiger partial charge in [0, 0.05) is 24.0 Å². The molecule has 0 aromatic heterocycles. The van der Waals surface area contributed by atoms with Crippen molar-refractivity contribution in [3.05, 3.63) is 96.1 Å². The summed E-state index contributed by atoms with van der Waals surface area (Å²) in [7, 11) is 0. The summed E-state index contributed by atoms with van der Waals surface area (Å²) < 4.78 is 1.16. The van der Waals surface area contributed by atoms with Gasteiger partial charge in [0.05, 0.1) is 13.1 Å². The highest BCUT2D eigenvalue weighted by Crippen LogP contribution is 2.23. The molecular weight excluding hydrogens is 615 g/mol. The molecule has 51 heavy (non-hydrogen) atoms. The van der Waals surface area contributed by atoms with Gasteiger partial charge in [-0.2, -0.15) is 0 Å². The third kappa shape index (κ3) is 26.3. The molecule has 2 rings (SSSR count). The molecule has 0 atom stereocenters. The Bertz CT molecular complexity index is 952. The highest BCUT2D eigenvalue weighted by atomic mass is 15.3. The van der Waals surface area contributed by atoms with Crippen LogP contribution in [0.5, 0.6) is 0 Å². The SMILES string of the molecule is CCCCCCCCCCCCC/C=C/CCC[N+](CCC/C=C/CCCCCCCCCCCCC)(Cc1ccccc1)Cc1ccccc1. The van der Waals surface area contributed by atoms with Crippen LogP contribution in [0.1, 0.15) is 205 Å². The number of rotatable bonds is 36. The summed E-state index contributed by atoms with van der Waals surface area (Å²) in [5, 5.41) is 0. The maximum Gasteiger partial charge on any atom is 0.105 e. The van der Waals surface area contributed by atoms with E-state index in [9.17, 15) is 0 Å². The molecule has 1 nitrogen and oxygen atoms in total. The van der Waals surface area contributed by atoms with E-state index in [0.717, 1.165) is 17.6 Å². The number of benzene rings is 2. The van der Waals surface area contributed by atoms with Crippen LogP contribution in [0.4, 0.5) is 0 Å². The Morgan fingerprint density at radius 3 is 0.922 bits per heavy atom. The molecule has 0 aliphatic rings. The van der Waals surface area contributed by atoms with Crippen molar-refractivity contribution in [1.82, 2.24) is 0 Å². The van der Waals surface area contributed by atoms with Crippen LogP contribution >= 0.6 is 0 Å². The largest absolute Gasteiger partial charge is 0.316 e. The number of hydrogen-bond donors (Lipinski definition) is 0. The minimum atomic E-state index is 1.13. The average molecular weight is 699 g/mol. The maximum atomic E-state index is 2.49. The molecule has 0 aliphatic carbocycles. The molecule has 0 aliphatic heterocycles. The van der Waals surface area contributed by atoms with Gasteiger partial charge in [-0.1, -0.05) is 227 Å². The topological polar surface area (TPSA) is 0 Å². The molecule has 1 heteroatoms. The predicted octanol–water partition coefficient (Wildman–Crippen LogP) is 16.3. The summed E-state index contributed by atoms with van der Waals surface area (Å²) in [6.07, 6.45) is 48.8. The Hall–Kier alpha value is -2.12. The second-order valence-corrected chi connectivity index (χ2v) is 16.0. The maximum absolute atomic E-state index is 2.49. The van der Waals surface area contributed by atoms with E-state index in [1.807, 2.05) is 0 Å². The van der Waals surface area contributed by atoms with Gasteiger partial charge in [0.1, 0.15) is 13.1 Å². The summed E-state index contributed by atoms with van der Waals surface area (Å²) >= 11 is 0. The lowest BCUT2D eigenvalue weighted by Crippen LogP contribution is -2.48. The fourth-order valence-electron chi connectivity index (χ4n) is 7.84. The summed E-state index contributed by atoms with van der Waals surface area (Å²) in [6.45, 7) is 9.35. The first kappa shape index (κ1) is 45.0. The lowest BCUT2D eigenvalue weighted by molar-refractivity contribution is -0.954. The van der Waals surface area contributed by atoms with E-state index in [2.05, 4.69) is 98.8 Å². The Labute approximate surface area is 319 Å². The highest BCUT2D eigenvalue weighted by Gasteiger charge is 2.27. The van der Waals surface area contributed by atoms with E-state index in [4.69, 9.17) is 0 Å². The van der Waals surface area contributed by atoms with E-state index in [1.165, 1.54) is 204 Å². The molecule has 0 fully saturated rings. The van der Waals surface area contributed by atoms with Crippen LogP contribution in [0.25, 0.3) is 0 Å². The van der Waals surface area contributed by atoms with Gasteiger partial charge >= 0.3 is 0 Å². The van der Waals surface area contributed by atoms with Crippen LogP contribution in [0.15, 0.2) is 85.0 Å². The van der Waals surface area contributed by atoms with Crippen molar-refractivity contribution in [1.29, 1.82) is 0 Å². The lowest BCUT2D eigenvalue weighted by atomic mass is 10.0. The molecule has 0 radical (unpaired) electrons. The second kappa shape index (κ2) is 33.7. The van der Waals surface area contributed by atoms with E-state index < -0.39 is 0 Å². The highest BCUT2D eigenvalue weighted by molar-refractivity contribution is 5.15. The quantitative estimate of drug-likeness (QED) is 0.0377. The van der Waals surface area contributed by atoms with Crippen LogP contribution in [0, 0.1) is 0 Å². The molecule has 0 saturated heterocycles. The van der Waals surface area contributed by atoms with Gasteiger partial charge < -0.3 is 4.48 Å². The summed E-state index contributed by atoms with van der Waals surface area (Å²) in [5.74, 6) is 0. The van der Waals surface area contributed by atoms with E-state index in [1.54, 1.807) is 0 Å². The van der Waals surface area contributed by atoms with Crippen molar-refractivity contribution in [2.45, 2.75) is 207 Å². The monoisotopic (exact) mass is 699 g/mol. The van der Waals surface area contributed by atoms with Gasteiger partial charge in [0.25, 0.3) is 0 Å². The van der Waals surface area contributed by atoms with Crippen molar-refractivity contribution in [3.8, 4) is 0 Å². The van der Waals surface area contributed by atoms with Crippen LogP contribution in [0.2, 0.25) is 0 Å². The summed E-state index contributed by atoms with van der Waals surface area (Å²) in [6, 6.07) is 22.6. The number of unbranched alkanes of at least 4 members (excludes halogenated alkanes) is 24. The molecule has 0 spiro atoms. The predicted molar refractivity (Wildman–Crippen MR) is 229 cm³/mol. The van der Waals surface area contributed by atoms with Gasteiger partial charge in [0.2, 0.25) is 0 Å². The van der Waals surface area contributed by atoms with Gasteiger partial charge in [-0.25, -0.2) is 0 Å². The Morgan fingerprint density at radius 2 is 0.608 bits per heavy atom. The zero-order valence-electron chi connectivity index (χ0n) is 34.2. The smallest absolute Gasteiger partial charge is 0.105 e. The Kier molecular flexibility index (Phi) is 29.8. The standard InChI is InChI=1S/C50H84N/c1-3-5-7-9-11-13-15-17-19-21-23-25-27-29-31-39-45-51(47-49-41-35-33-36-42-49,48-50-43-37-34-38-44-50)46-40-32-30-28-26-24-22-20-18-16-14-12-10-8-6-4-2/h27-30,33-38,41-44H,3-26,31-32,39-40,45-48H2,1-2H3/q+1/b29-27+,30-28+. The normalized spacial score (nSPS) is 12.1. The average Bonchev–Trinajstić information content (AvgIpc) is 3.15. The molecular formula is C50H84N+. The molecule has 288 valence electrons. The third-order valence-corrected chi connectivity index (χ3v) is 11.0. The van der Waals surface area contributed by atoms with Gasteiger partial charge in [-0.3, -0.25) is 0 Å². The third-order valence-electron chi connectivity index (χ3n) is 11.0. The van der Waals surface area contributed by atoms with Gasteiger partial charge in [-0.15, -0.1) is 0 Å². The van der Waals surface area contributed by atoms with Crippen LogP contribution in [-0.4, -0.2) is 17.6 Å². The molecule has 0 saturated carbocycles. The first-order valence-corrected chi connectivity index (χ1v) is 22.5. The first-order valence-electron chi connectivity index (χ1n) is 22.5. The fourth-order valence-corrected chi connectivity index (χ4v) is 7.84. The summed E-state index contributed by atoms with van der Waals surface area (Å²) in [5.41, 5.74) is 2.96. The van der Waals surface area contributed by atoms with Crippen molar-refractivity contribution < 1.29 is 4.48 Å². The number of hydrogen-bond acceptors (Lipinski definition) is 0. The molecule has 0 amide bonds. The Balaban J connectivity index is 1.74. The van der Waals surface area contributed by atoms with E-state index >= 15 is 0 Å². The zero-order valence-corrected chi connectivity index (χ0v) is 34.2. The van der Waals surface area contributed by atoms with Crippen LogP contribution in [-0.2, 0) is 13.1 Å². The lowest BCUT2D eigenvalue weighted by Gasteiger charge is -2.39. The van der Waals surface area contributed by atoms with Gasteiger partial charge in [-0.05, 0) is 38.5 Å². The fraction of sp³-hybridized carbons (Fsp3) is 0.680. The van der Waals surface area contributed by atoms with E-state index in [0.29, 0.717) is 0 Å². The zero-order chi connectivity index (χ0) is 36.2. The minimum Gasteiger partial charge on any atom is -0.316 e. The Morgan fingerprint density at radius 1 is 0.333 bits per heavy atom. The second-order valence-electron chi connectivity index (χ2n) is 16.0. The molecule has 2 aromatic rings. The number of nitrogens with zero attached hydrogens (tertiary/aromatic N) is 1.